The Hall–Kier alpha value is -1.61. The van der Waals surface area contributed by atoms with E-state index in [9.17, 15) is 37.9 Å². The van der Waals surface area contributed by atoms with Gasteiger partial charge >= 0.3 is 11.9 Å². The van der Waals surface area contributed by atoms with Crippen molar-refractivity contribution in [2.24, 2.45) is 0 Å². The van der Waals surface area contributed by atoms with Crippen molar-refractivity contribution < 1.29 is 56.8 Å². The van der Waals surface area contributed by atoms with Gasteiger partial charge in [0, 0.05) is 12.8 Å². The van der Waals surface area contributed by atoms with Gasteiger partial charge in [0.1, 0.15) is 36.8 Å². The van der Waals surface area contributed by atoms with Crippen LogP contribution in [0.25, 0.3) is 0 Å². The van der Waals surface area contributed by atoms with Crippen LogP contribution in [0.2, 0.25) is 0 Å². The van der Waals surface area contributed by atoms with Gasteiger partial charge in [-0.1, -0.05) is 142 Å². The van der Waals surface area contributed by atoms with E-state index in [0.29, 0.717) is 12.8 Å². The second-order valence-corrected chi connectivity index (χ2v) is 16.2. The smallest absolute Gasteiger partial charge is 0.306 e. The molecule has 312 valence electrons. The number of unbranched alkanes of at least 4 members (excludes halogenated alkanes) is 20. The summed E-state index contributed by atoms with van der Waals surface area (Å²) in [5.41, 5.74) is 0. The van der Waals surface area contributed by atoms with Crippen LogP contribution in [0.5, 0.6) is 0 Å². The van der Waals surface area contributed by atoms with Crippen LogP contribution in [0.3, 0.4) is 0 Å². The van der Waals surface area contributed by atoms with Crippen LogP contribution in [0.15, 0.2) is 12.2 Å². The molecule has 1 aliphatic rings. The van der Waals surface area contributed by atoms with Crippen molar-refractivity contribution in [3.63, 3.8) is 0 Å². The third-order valence-corrected chi connectivity index (χ3v) is 10.3. The second kappa shape index (κ2) is 31.6. The maximum Gasteiger partial charge on any atom is 0.306 e. The van der Waals surface area contributed by atoms with E-state index in [-0.39, 0.29) is 19.4 Å². The summed E-state index contributed by atoms with van der Waals surface area (Å²) in [6, 6.07) is 0. The minimum absolute atomic E-state index is 0.157. The number of aliphatic hydroxyl groups is 3. The molecular weight excluding hydrogens is 704 g/mol. The van der Waals surface area contributed by atoms with Crippen molar-refractivity contribution in [2.45, 2.75) is 211 Å². The van der Waals surface area contributed by atoms with Crippen LogP contribution in [0.1, 0.15) is 174 Å². The van der Waals surface area contributed by atoms with Crippen molar-refractivity contribution in [1.29, 1.82) is 0 Å². The average molecular weight is 779 g/mol. The van der Waals surface area contributed by atoms with E-state index in [4.69, 9.17) is 18.9 Å². The van der Waals surface area contributed by atoms with Gasteiger partial charge in [-0.25, -0.2) is 0 Å². The summed E-state index contributed by atoms with van der Waals surface area (Å²) in [4.78, 5) is 25.3. The fraction of sp³-hybridized carbons (Fsp3) is 0.900. The van der Waals surface area contributed by atoms with E-state index >= 15 is 0 Å². The normalized spacial score (nSPS) is 21.2. The molecule has 0 aromatic heterocycles. The lowest BCUT2D eigenvalue weighted by Gasteiger charge is -2.40. The van der Waals surface area contributed by atoms with Crippen LogP contribution in [-0.4, -0.2) is 96.0 Å². The Morgan fingerprint density at radius 3 is 1.62 bits per heavy atom. The largest absolute Gasteiger partial charge is 0.462 e. The van der Waals surface area contributed by atoms with Gasteiger partial charge in [0.15, 0.2) is 12.4 Å². The number of esters is 2. The number of aliphatic hydroxyl groups excluding tert-OH is 3. The Balaban J connectivity index is 2.48. The highest BCUT2D eigenvalue weighted by atomic mass is 32.2. The molecule has 6 atom stereocenters. The number of rotatable bonds is 34. The van der Waals surface area contributed by atoms with Crippen LogP contribution in [0.4, 0.5) is 0 Å². The van der Waals surface area contributed by atoms with Gasteiger partial charge in [-0.3, -0.25) is 14.1 Å². The van der Waals surface area contributed by atoms with Crippen molar-refractivity contribution in [1.82, 2.24) is 0 Å². The van der Waals surface area contributed by atoms with Crippen LogP contribution < -0.4 is 0 Å². The number of allylic oxidation sites excluding steroid dienone is 2. The molecule has 0 aliphatic carbocycles. The predicted octanol–water partition coefficient (Wildman–Crippen LogP) is 7.50. The standard InChI is InChI=1S/C40H74O12S/c1-3-5-7-9-11-13-15-16-17-19-20-22-24-26-28-35(41)49-30-33(51-36(42)29-27-25-23-21-18-14-12-10-8-6-4-2)31-50-40-39(45)38(44)37(43)34(52-40)32-53(46,47)48/h10,12,33-34,37-40,43-45H,3-9,11,13-32H2,1-2H3,(H,46,47,48)/b12-10+/t33-,34-,37-,38?,39?,40+/m1/s1. The zero-order valence-corrected chi connectivity index (χ0v) is 33.7. The summed E-state index contributed by atoms with van der Waals surface area (Å²) in [6.07, 6.45) is 21.3. The SMILES string of the molecule is CCCC/C=C/CCCCCCCC(=O)O[C@H](COC(=O)CCCCCCCCCCCCCCCC)CO[C@H]1O[C@H](CS(=O)(=O)O)[C@@H](O)C(O)C1O. The van der Waals surface area contributed by atoms with Gasteiger partial charge in [-0.05, 0) is 32.1 Å². The number of hydrogen-bond donors (Lipinski definition) is 4. The molecule has 0 spiro atoms. The highest BCUT2D eigenvalue weighted by Crippen LogP contribution is 2.24. The summed E-state index contributed by atoms with van der Waals surface area (Å²) in [5.74, 6) is -1.99. The molecule has 1 fully saturated rings. The molecule has 1 heterocycles. The summed E-state index contributed by atoms with van der Waals surface area (Å²) in [7, 11) is -4.59. The molecule has 0 saturated carbocycles. The summed E-state index contributed by atoms with van der Waals surface area (Å²) >= 11 is 0. The third kappa shape index (κ3) is 26.8. The molecule has 0 aromatic rings. The van der Waals surface area contributed by atoms with E-state index in [1.54, 1.807) is 0 Å². The maximum absolute atomic E-state index is 12.7. The monoisotopic (exact) mass is 778 g/mol. The first-order valence-corrected chi connectivity index (χ1v) is 22.4. The average Bonchev–Trinajstić information content (AvgIpc) is 3.12. The Morgan fingerprint density at radius 2 is 1.09 bits per heavy atom. The van der Waals surface area contributed by atoms with Crippen LogP contribution >= 0.6 is 0 Å². The molecule has 2 unspecified atom stereocenters. The first-order valence-electron chi connectivity index (χ1n) is 20.7. The number of carbonyl (C=O) groups is 2. The fourth-order valence-corrected chi connectivity index (χ4v) is 7.00. The summed E-state index contributed by atoms with van der Waals surface area (Å²) in [6.45, 7) is 3.70. The summed E-state index contributed by atoms with van der Waals surface area (Å²) in [5, 5.41) is 30.8. The first kappa shape index (κ1) is 49.4. The number of carbonyl (C=O) groups excluding carboxylic acids is 2. The predicted molar refractivity (Wildman–Crippen MR) is 206 cm³/mol. The first-order chi connectivity index (χ1) is 25.5. The highest BCUT2D eigenvalue weighted by molar-refractivity contribution is 7.85. The maximum atomic E-state index is 12.7. The molecule has 53 heavy (non-hydrogen) atoms. The number of hydrogen-bond acceptors (Lipinski definition) is 11. The molecule has 1 rings (SSSR count). The van der Waals surface area contributed by atoms with E-state index in [1.807, 2.05) is 0 Å². The molecule has 0 radical (unpaired) electrons. The molecule has 1 aliphatic heterocycles. The molecule has 0 amide bonds. The lowest BCUT2D eigenvalue weighted by atomic mass is 10.00. The lowest BCUT2D eigenvalue weighted by Crippen LogP contribution is -2.60. The molecular formula is C40H74O12S. The van der Waals surface area contributed by atoms with Gasteiger partial charge in [0.25, 0.3) is 10.1 Å². The minimum Gasteiger partial charge on any atom is -0.462 e. The second-order valence-electron chi connectivity index (χ2n) is 14.7. The summed E-state index contributed by atoms with van der Waals surface area (Å²) < 4.78 is 53.9. The zero-order chi connectivity index (χ0) is 39.2. The molecule has 12 nitrogen and oxygen atoms in total. The van der Waals surface area contributed by atoms with Crippen molar-refractivity contribution in [3.8, 4) is 0 Å². The topological polar surface area (TPSA) is 186 Å². The lowest BCUT2D eigenvalue weighted by molar-refractivity contribution is -0.297. The quantitative estimate of drug-likeness (QED) is 0.0219. The van der Waals surface area contributed by atoms with Gasteiger partial charge < -0.3 is 34.3 Å². The molecule has 0 aromatic carbocycles. The van der Waals surface area contributed by atoms with Crippen molar-refractivity contribution in [2.75, 3.05) is 19.0 Å². The van der Waals surface area contributed by atoms with E-state index in [0.717, 1.165) is 57.8 Å². The van der Waals surface area contributed by atoms with Gasteiger partial charge in [-0.2, -0.15) is 8.42 Å². The van der Waals surface area contributed by atoms with E-state index in [1.165, 1.54) is 77.0 Å². The number of ether oxygens (including phenoxy) is 4. The Kier molecular flexibility index (Phi) is 29.4. The zero-order valence-electron chi connectivity index (χ0n) is 32.9. The molecule has 1 saturated heterocycles. The fourth-order valence-electron chi connectivity index (χ4n) is 6.30. The van der Waals surface area contributed by atoms with Gasteiger partial charge in [0.2, 0.25) is 0 Å². The van der Waals surface area contributed by atoms with Crippen LogP contribution in [0, 0.1) is 0 Å². The van der Waals surface area contributed by atoms with E-state index < -0.39 is 71.2 Å². The van der Waals surface area contributed by atoms with Crippen molar-refractivity contribution >= 4 is 22.1 Å². The Bertz CT molecular complexity index is 1050. The Labute approximate surface area is 320 Å². The minimum atomic E-state index is -4.59. The van der Waals surface area contributed by atoms with E-state index in [2.05, 4.69) is 26.0 Å². The van der Waals surface area contributed by atoms with Crippen molar-refractivity contribution in [3.05, 3.63) is 12.2 Å². The third-order valence-electron chi connectivity index (χ3n) is 9.60. The Morgan fingerprint density at radius 1 is 0.623 bits per heavy atom. The highest BCUT2D eigenvalue weighted by Gasteiger charge is 2.46. The van der Waals surface area contributed by atoms with Gasteiger partial charge in [-0.15, -0.1) is 0 Å². The molecule has 4 N–H and O–H groups in total. The molecule has 13 heteroatoms. The van der Waals surface area contributed by atoms with Crippen LogP contribution in [-0.2, 0) is 38.7 Å². The molecule has 0 bridgehead atoms. The van der Waals surface area contributed by atoms with Gasteiger partial charge in [0.05, 0.1) is 6.61 Å².